The quantitative estimate of drug-likeness (QED) is 0.608. The Hall–Kier alpha value is -1.26. The van der Waals surface area contributed by atoms with Crippen LogP contribution in [0.2, 0.25) is 0 Å². The van der Waals surface area contributed by atoms with E-state index < -0.39 is 18.1 Å². The third kappa shape index (κ3) is 1.66. The molecule has 0 saturated carbocycles. The SMILES string of the molecule is O=C(O)C1CCCCN1C(=O)O. The summed E-state index contributed by atoms with van der Waals surface area (Å²) in [7, 11) is 0. The summed E-state index contributed by atoms with van der Waals surface area (Å²) < 4.78 is 0. The lowest BCUT2D eigenvalue weighted by Gasteiger charge is -2.30. The Labute approximate surface area is 69.6 Å². The van der Waals surface area contributed by atoms with Crippen LogP contribution in [-0.2, 0) is 4.79 Å². The number of hydrogen-bond acceptors (Lipinski definition) is 2. The predicted octanol–water partition coefficient (Wildman–Crippen LogP) is 0.604. The fraction of sp³-hybridized carbons (Fsp3) is 0.714. The zero-order valence-corrected chi connectivity index (χ0v) is 6.56. The van der Waals surface area contributed by atoms with Gasteiger partial charge >= 0.3 is 12.1 Å². The Bertz CT molecular complexity index is 182. The molecule has 2 N–H and O–H groups in total. The van der Waals surface area contributed by atoms with Crippen LogP contribution in [0.15, 0.2) is 0 Å². The summed E-state index contributed by atoms with van der Waals surface area (Å²) in [5.41, 5.74) is 0. The van der Waals surface area contributed by atoms with Crippen molar-refractivity contribution in [3.63, 3.8) is 0 Å². The zero-order chi connectivity index (χ0) is 9.14. The van der Waals surface area contributed by atoms with Gasteiger partial charge in [-0.15, -0.1) is 0 Å². The lowest BCUT2D eigenvalue weighted by Crippen LogP contribution is -2.47. The number of carbonyl (C=O) groups is 2. The van der Waals surface area contributed by atoms with Crippen molar-refractivity contribution >= 4 is 12.1 Å². The number of likely N-dealkylation sites (tertiary alicyclic amines) is 1. The third-order valence-electron chi connectivity index (χ3n) is 2.03. The highest BCUT2D eigenvalue weighted by molar-refractivity contribution is 5.79. The lowest BCUT2D eigenvalue weighted by molar-refractivity contribution is -0.143. The van der Waals surface area contributed by atoms with E-state index in [1.165, 1.54) is 0 Å². The van der Waals surface area contributed by atoms with Gasteiger partial charge in [0.1, 0.15) is 6.04 Å². The first-order chi connectivity index (χ1) is 5.63. The smallest absolute Gasteiger partial charge is 0.408 e. The first-order valence-electron chi connectivity index (χ1n) is 3.85. The Morgan fingerprint density at radius 2 is 1.92 bits per heavy atom. The molecule has 0 bridgehead atoms. The topological polar surface area (TPSA) is 77.8 Å². The predicted molar refractivity (Wildman–Crippen MR) is 40.0 cm³/mol. The third-order valence-corrected chi connectivity index (χ3v) is 2.03. The minimum absolute atomic E-state index is 0.340. The van der Waals surface area contributed by atoms with Crippen LogP contribution < -0.4 is 0 Å². The standard InChI is InChI=1S/C7H11NO4/c9-6(10)5-3-1-2-4-8(5)7(11)12/h5H,1-4H2,(H,9,10)(H,11,12). The van der Waals surface area contributed by atoms with Gasteiger partial charge in [-0.1, -0.05) is 0 Å². The van der Waals surface area contributed by atoms with Crippen molar-refractivity contribution in [1.29, 1.82) is 0 Å². The molecule has 1 saturated heterocycles. The second-order valence-corrected chi connectivity index (χ2v) is 2.83. The number of carboxylic acids is 1. The Kier molecular flexibility index (Phi) is 2.52. The highest BCUT2D eigenvalue weighted by Crippen LogP contribution is 2.16. The van der Waals surface area contributed by atoms with E-state index in [0.29, 0.717) is 13.0 Å². The molecule has 5 nitrogen and oxygen atoms in total. The second kappa shape index (κ2) is 3.42. The molecule has 1 aliphatic heterocycles. The minimum atomic E-state index is -1.14. The van der Waals surface area contributed by atoms with Gasteiger partial charge in [0, 0.05) is 6.54 Å². The van der Waals surface area contributed by atoms with Crippen LogP contribution in [0, 0.1) is 0 Å². The van der Waals surface area contributed by atoms with E-state index in [2.05, 4.69) is 0 Å². The van der Waals surface area contributed by atoms with Crippen molar-refractivity contribution in [2.75, 3.05) is 6.54 Å². The molecule has 0 aromatic rings. The van der Waals surface area contributed by atoms with E-state index in [4.69, 9.17) is 10.2 Å². The molecule has 68 valence electrons. The molecule has 0 aliphatic carbocycles. The maximum Gasteiger partial charge on any atom is 0.408 e. The number of nitrogens with zero attached hydrogens (tertiary/aromatic N) is 1. The van der Waals surface area contributed by atoms with Crippen molar-refractivity contribution in [2.45, 2.75) is 25.3 Å². The summed E-state index contributed by atoms with van der Waals surface area (Å²) in [5.74, 6) is -1.04. The van der Waals surface area contributed by atoms with Crippen molar-refractivity contribution in [2.24, 2.45) is 0 Å². The second-order valence-electron chi connectivity index (χ2n) is 2.83. The van der Waals surface area contributed by atoms with Gasteiger partial charge in [0.15, 0.2) is 0 Å². The van der Waals surface area contributed by atoms with Crippen molar-refractivity contribution < 1.29 is 19.8 Å². The molecule has 12 heavy (non-hydrogen) atoms. The fourth-order valence-corrected chi connectivity index (χ4v) is 1.42. The van der Waals surface area contributed by atoms with Gasteiger partial charge in [0.05, 0.1) is 0 Å². The summed E-state index contributed by atoms with van der Waals surface area (Å²) in [6, 6.07) is -0.837. The van der Waals surface area contributed by atoms with Crippen LogP contribution in [0.4, 0.5) is 4.79 Å². The first kappa shape index (κ1) is 8.83. The molecule has 0 radical (unpaired) electrons. The molecule has 1 aliphatic rings. The number of hydrogen-bond donors (Lipinski definition) is 2. The van der Waals surface area contributed by atoms with Gasteiger partial charge < -0.3 is 10.2 Å². The summed E-state index contributed by atoms with van der Waals surface area (Å²) in [5, 5.41) is 17.3. The molecular weight excluding hydrogens is 162 g/mol. The van der Waals surface area contributed by atoms with E-state index in [1.807, 2.05) is 0 Å². The lowest BCUT2D eigenvalue weighted by atomic mass is 10.0. The van der Waals surface area contributed by atoms with Crippen LogP contribution in [0.5, 0.6) is 0 Å². The Balaban J connectivity index is 2.67. The van der Waals surface area contributed by atoms with E-state index in [1.54, 1.807) is 0 Å². The maximum absolute atomic E-state index is 10.6. The molecular formula is C7H11NO4. The van der Waals surface area contributed by atoms with Crippen molar-refractivity contribution in [3.05, 3.63) is 0 Å². The average molecular weight is 173 g/mol. The summed E-state index contributed by atoms with van der Waals surface area (Å²) in [6.45, 7) is 0.340. The van der Waals surface area contributed by atoms with Gasteiger partial charge in [0.2, 0.25) is 0 Å². The number of carboxylic acid groups (broad SMARTS) is 2. The first-order valence-corrected chi connectivity index (χ1v) is 3.85. The van der Waals surface area contributed by atoms with E-state index >= 15 is 0 Å². The minimum Gasteiger partial charge on any atom is -0.480 e. The van der Waals surface area contributed by atoms with Crippen LogP contribution in [0.1, 0.15) is 19.3 Å². The van der Waals surface area contributed by atoms with E-state index in [-0.39, 0.29) is 0 Å². The molecule has 0 spiro atoms. The van der Waals surface area contributed by atoms with Crippen LogP contribution in [0.3, 0.4) is 0 Å². The van der Waals surface area contributed by atoms with Gasteiger partial charge in [-0.25, -0.2) is 9.59 Å². The monoisotopic (exact) mass is 173 g/mol. The number of rotatable bonds is 1. The van der Waals surface area contributed by atoms with Gasteiger partial charge in [-0.05, 0) is 19.3 Å². The van der Waals surface area contributed by atoms with Crippen molar-refractivity contribution in [3.8, 4) is 0 Å². The maximum atomic E-state index is 10.6. The molecule has 5 heteroatoms. The molecule has 1 rings (SSSR count). The highest BCUT2D eigenvalue weighted by Gasteiger charge is 2.31. The Morgan fingerprint density at radius 1 is 1.25 bits per heavy atom. The van der Waals surface area contributed by atoms with Gasteiger partial charge in [-0.3, -0.25) is 4.90 Å². The zero-order valence-electron chi connectivity index (χ0n) is 6.56. The molecule has 1 atom stereocenters. The summed E-state index contributed by atoms with van der Waals surface area (Å²) >= 11 is 0. The van der Waals surface area contributed by atoms with Gasteiger partial charge in [0.25, 0.3) is 0 Å². The highest BCUT2D eigenvalue weighted by atomic mass is 16.4. The largest absolute Gasteiger partial charge is 0.480 e. The molecule has 1 unspecified atom stereocenters. The number of piperidine rings is 1. The summed E-state index contributed by atoms with van der Waals surface area (Å²) in [4.78, 5) is 22.1. The van der Waals surface area contributed by atoms with E-state index in [9.17, 15) is 9.59 Å². The van der Waals surface area contributed by atoms with Crippen molar-refractivity contribution in [1.82, 2.24) is 4.90 Å². The number of amides is 1. The van der Waals surface area contributed by atoms with Gasteiger partial charge in [-0.2, -0.15) is 0 Å². The molecule has 0 aromatic carbocycles. The molecule has 1 amide bonds. The Morgan fingerprint density at radius 3 is 2.33 bits per heavy atom. The number of aliphatic carboxylic acids is 1. The molecule has 1 heterocycles. The molecule has 0 aromatic heterocycles. The van der Waals surface area contributed by atoms with Crippen LogP contribution in [-0.4, -0.2) is 39.8 Å². The fourth-order valence-electron chi connectivity index (χ4n) is 1.42. The van der Waals surface area contributed by atoms with Crippen LogP contribution in [0.25, 0.3) is 0 Å². The van der Waals surface area contributed by atoms with E-state index in [0.717, 1.165) is 17.7 Å². The van der Waals surface area contributed by atoms with Crippen LogP contribution >= 0.6 is 0 Å². The normalized spacial score (nSPS) is 23.7. The average Bonchev–Trinajstić information content (AvgIpc) is 2.04. The molecule has 1 fully saturated rings. The summed E-state index contributed by atoms with van der Waals surface area (Å²) in [6.07, 6.45) is 0.848.